The fraction of sp³-hybridized carbons (Fsp3) is 0.240. The van der Waals surface area contributed by atoms with E-state index in [2.05, 4.69) is 10.1 Å². The standard InChI is InChI=1S/C25H24F3NO7S/c26-25(27,28)36-22-9-7-20(8-10-22)35-21-11-13-23(14-12-21)37(33,34)16-19(29-24(31)32)6-5-17-1-3-18(15-30)4-2-17/h1-4,7-14,19,29-30H,5-6,15-16H2,(H,31,32). The number of rotatable bonds is 11. The van der Waals surface area contributed by atoms with E-state index in [1.54, 1.807) is 24.3 Å². The van der Waals surface area contributed by atoms with Crippen LogP contribution in [0.5, 0.6) is 17.2 Å². The maximum atomic E-state index is 12.9. The van der Waals surface area contributed by atoms with Crippen molar-refractivity contribution in [2.45, 2.75) is 36.7 Å². The molecule has 1 unspecified atom stereocenters. The van der Waals surface area contributed by atoms with E-state index in [4.69, 9.17) is 14.9 Å². The minimum absolute atomic E-state index is 0.0433. The molecular weight excluding hydrogens is 515 g/mol. The molecule has 1 amide bonds. The Labute approximate surface area is 211 Å². The lowest BCUT2D eigenvalue weighted by Gasteiger charge is -2.17. The molecule has 12 heteroatoms. The van der Waals surface area contributed by atoms with Gasteiger partial charge in [-0.1, -0.05) is 24.3 Å². The summed E-state index contributed by atoms with van der Waals surface area (Å²) in [6.07, 6.45) is -5.49. The zero-order chi connectivity index (χ0) is 27.1. The predicted molar refractivity (Wildman–Crippen MR) is 127 cm³/mol. The molecule has 0 bridgehead atoms. The van der Waals surface area contributed by atoms with Gasteiger partial charge >= 0.3 is 12.5 Å². The molecule has 0 aliphatic rings. The van der Waals surface area contributed by atoms with Crippen LogP contribution in [0, 0.1) is 0 Å². The van der Waals surface area contributed by atoms with Crippen molar-refractivity contribution in [3.63, 3.8) is 0 Å². The third-order valence-corrected chi connectivity index (χ3v) is 7.04. The second-order valence-corrected chi connectivity index (χ2v) is 10.1. The minimum Gasteiger partial charge on any atom is -0.465 e. The molecule has 198 valence electrons. The van der Waals surface area contributed by atoms with Gasteiger partial charge in [-0.2, -0.15) is 0 Å². The Morgan fingerprint density at radius 2 is 1.38 bits per heavy atom. The number of carbonyl (C=O) groups is 1. The van der Waals surface area contributed by atoms with Gasteiger partial charge in [-0.15, -0.1) is 13.2 Å². The van der Waals surface area contributed by atoms with Crippen LogP contribution in [0.15, 0.2) is 77.7 Å². The Morgan fingerprint density at radius 3 is 1.89 bits per heavy atom. The number of aliphatic hydroxyl groups excluding tert-OH is 1. The maximum absolute atomic E-state index is 12.9. The fourth-order valence-electron chi connectivity index (χ4n) is 3.45. The molecule has 3 aromatic carbocycles. The first-order chi connectivity index (χ1) is 17.4. The number of hydrogen-bond donors (Lipinski definition) is 3. The highest BCUT2D eigenvalue weighted by Crippen LogP contribution is 2.28. The fourth-order valence-corrected chi connectivity index (χ4v) is 4.97. The Balaban J connectivity index is 1.63. The van der Waals surface area contributed by atoms with Gasteiger partial charge in [-0.3, -0.25) is 0 Å². The van der Waals surface area contributed by atoms with Crippen molar-refractivity contribution >= 4 is 15.9 Å². The third-order valence-electron chi connectivity index (χ3n) is 5.21. The molecular formula is C25H24F3NO7S. The summed E-state index contributed by atoms with van der Waals surface area (Å²) in [6.45, 7) is -0.102. The Kier molecular flexibility index (Phi) is 9.00. The molecule has 0 fully saturated rings. The van der Waals surface area contributed by atoms with E-state index in [9.17, 15) is 26.4 Å². The van der Waals surface area contributed by atoms with Gasteiger partial charge < -0.3 is 25.0 Å². The van der Waals surface area contributed by atoms with Crippen LogP contribution in [0.2, 0.25) is 0 Å². The molecule has 0 aromatic heterocycles. The van der Waals surface area contributed by atoms with E-state index in [-0.39, 0.29) is 29.4 Å². The summed E-state index contributed by atoms with van der Waals surface area (Å²) in [5.41, 5.74) is 1.60. The molecule has 8 nitrogen and oxygen atoms in total. The summed E-state index contributed by atoms with van der Waals surface area (Å²) in [5, 5.41) is 20.5. The number of aryl methyl sites for hydroxylation is 1. The molecule has 3 N–H and O–H groups in total. The highest BCUT2D eigenvalue weighted by molar-refractivity contribution is 7.91. The van der Waals surface area contributed by atoms with Crippen LogP contribution in [0.4, 0.5) is 18.0 Å². The summed E-state index contributed by atoms with van der Waals surface area (Å²) in [5.74, 6) is -0.416. The average molecular weight is 540 g/mol. The molecule has 0 saturated heterocycles. The first-order valence-corrected chi connectivity index (χ1v) is 12.6. The number of amides is 1. The monoisotopic (exact) mass is 539 g/mol. The van der Waals surface area contributed by atoms with Crippen LogP contribution < -0.4 is 14.8 Å². The summed E-state index contributed by atoms with van der Waals surface area (Å²) >= 11 is 0. The van der Waals surface area contributed by atoms with Crippen LogP contribution >= 0.6 is 0 Å². The van der Waals surface area contributed by atoms with Crippen LogP contribution in [0.3, 0.4) is 0 Å². The number of halogens is 3. The van der Waals surface area contributed by atoms with E-state index in [1.807, 2.05) is 0 Å². The van der Waals surface area contributed by atoms with Gasteiger partial charge in [0.05, 0.1) is 17.3 Å². The zero-order valence-corrected chi connectivity index (χ0v) is 20.1. The third kappa shape index (κ3) is 8.99. The second kappa shape index (κ2) is 12.0. The molecule has 0 radical (unpaired) electrons. The van der Waals surface area contributed by atoms with Crippen LogP contribution in [0.25, 0.3) is 0 Å². The van der Waals surface area contributed by atoms with Crippen molar-refractivity contribution in [3.8, 4) is 17.2 Å². The second-order valence-electron chi connectivity index (χ2n) is 8.03. The minimum atomic E-state index is -4.81. The average Bonchev–Trinajstić information content (AvgIpc) is 2.83. The molecule has 3 aromatic rings. The molecule has 3 rings (SSSR count). The number of nitrogens with one attached hydrogen (secondary N) is 1. The smallest absolute Gasteiger partial charge is 0.465 e. The topological polar surface area (TPSA) is 122 Å². The van der Waals surface area contributed by atoms with Crippen molar-refractivity contribution in [3.05, 3.63) is 83.9 Å². The first-order valence-electron chi connectivity index (χ1n) is 11.0. The van der Waals surface area contributed by atoms with Crippen molar-refractivity contribution in [2.24, 2.45) is 0 Å². The van der Waals surface area contributed by atoms with Gasteiger partial charge in [0.15, 0.2) is 9.84 Å². The predicted octanol–water partition coefficient (Wildman–Crippen LogP) is 4.91. The van der Waals surface area contributed by atoms with Crippen LogP contribution in [0.1, 0.15) is 17.5 Å². The lowest BCUT2D eigenvalue weighted by atomic mass is 10.0. The highest BCUT2D eigenvalue weighted by Gasteiger charge is 2.31. The summed E-state index contributed by atoms with van der Waals surface area (Å²) in [7, 11) is -3.87. The Morgan fingerprint density at radius 1 is 0.865 bits per heavy atom. The molecule has 0 aliphatic carbocycles. The Hall–Kier alpha value is -3.77. The van der Waals surface area contributed by atoms with Crippen molar-refractivity contribution in [2.75, 3.05) is 5.75 Å². The lowest BCUT2D eigenvalue weighted by molar-refractivity contribution is -0.274. The first kappa shape index (κ1) is 27.8. The van der Waals surface area contributed by atoms with Crippen LogP contribution in [-0.2, 0) is 22.9 Å². The number of aliphatic hydroxyl groups is 1. The number of benzene rings is 3. The van der Waals surface area contributed by atoms with Crippen molar-refractivity contribution < 1.29 is 46.1 Å². The number of alkyl halides is 3. The molecule has 37 heavy (non-hydrogen) atoms. The zero-order valence-electron chi connectivity index (χ0n) is 19.3. The number of ether oxygens (including phenoxy) is 2. The number of hydrogen-bond acceptors (Lipinski definition) is 6. The molecule has 0 spiro atoms. The summed E-state index contributed by atoms with van der Waals surface area (Å²) in [6, 6.07) is 16.3. The number of carboxylic acid groups (broad SMARTS) is 1. The van der Waals surface area contributed by atoms with Crippen molar-refractivity contribution in [1.82, 2.24) is 5.32 Å². The summed E-state index contributed by atoms with van der Waals surface area (Å²) in [4.78, 5) is 11.2. The normalized spacial score (nSPS) is 12.5. The van der Waals surface area contributed by atoms with Gasteiger partial charge in [-0.05, 0) is 72.5 Å². The highest BCUT2D eigenvalue weighted by atomic mass is 32.2. The van der Waals surface area contributed by atoms with Gasteiger partial charge in [0, 0.05) is 6.04 Å². The molecule has 0 saturated carbocycles. The molecule has 0 aliphatic heterocycles. The van der Waals surface area contributed by atoms with Crippen molar-refractivity contribution in [1.29, 1.82) is 0 Å². The van der Waals surface area contributed by atoms with E-state index in [0.717, 1.165) is 23.3 Å². The maximum Gasteiger partial charge on any atom is 0.573 e. The van der Waals surface area contributed by atoms with E-state index < -0.39 is 39.8 Å². The number of sulfone groups is 1. The largest absolute Gasteiger partial charge is 0.573 e. The van der Waals surface area contributed by atoms with Gasteiger partial charge in [0.25, 0.3) is 0 Å². The van der Waals surface area contributed by atoms with Gasteiger partial charge in [-0.25, -0.2) is 13.2 Å². The van der Waals surface area contributed by atoms with Crippen LogP contribution in [-0.4, -0.2) is 42.9 Å². The van der Waals surface area contributed by atoms with Gasteiger partial charge in [0.2, 0.25) is 0 Å². The van der Waals surface area contributed by atoms with E-state index in [1.165, 1.54) is 36.4 Å². The van der Waals surface area contributed by atoms with E-state index >= 15 is 0 Å². The van der Waals surface area contributed by atoms with E-state index in [0.29, 0.717) is 6.42 Å². The summed E-state index contributed by atoms with van der Waals surface area (Å²) < 4.78 is 72.0. The molecule has 0 heterocycles. The lowest BCUT2D eigenvalue weighted by Crippen LogP contribution is -2.39. The SMILES string of the molecule is O=C(O)NC(CCc1ccc(CO)cc1)CS(=O)(=O)c1ccc(Oc2ccc(OC(F)(F)F)cc2)cc1. The van der Waals surface area contributed by atoms with Gasteiger partial charge in [0.1, 0.15) is 17.2 Å². The molecule has 1 atom stereocenters. The Bertz CT molecular complexity index is 1280. The quantitative estimate of drug-likeness (QED) is 0.316.